The number of aromatic nitrogens is 2. The summed E-state index contributed by atoms with van der Waals surface area (Å²) in [7, 11) is 0. The van der Waals surface area contributed by atoms with E-state index in [1.165, 1.54) is 0 Å². The number of halogens is 2. The summed E-state index contributed by atoms with van der Waals surface area (Å²) in [5.74, 6) is -1.47. The third-order valence-electron chi connectivity index (χ3n) is 2.47. The van der Waals surface area contributed by atoms with E-state index in [2.05, 4.69) is 9.97 Å². The first-order chi connectivity index (χ1) is 7.97. The van der Waals surface area contributed by atoms with E-state index in [9.17, 15) is 13.6 Å². The van der Waals surface area contributed by atoms with E-state index in [1.54, 1.807) is 13.8 Å². The summed E-state index contributed by atoms with van der Waals surface area (Å²) >= 11 is 0. The van der Waals surface area contributed by atoms with Crippen LogP contribution in [0.1, 0.15) is 11.4 Å². The van der Waals surface area contributed by atoms with Crippen molar-refractivity contribution in [3.63, 3.8) is 0 Å². The molecule has 2 rings (SSSR count). The van der Waals surface area contributed by atoms with Crippen LogP contribution in [0.3, 0.4) is 0 Å². The van der Waals surface area contributed by atoms with Crippen LogP contribution in [0, 0.1) is 25.5 Å². The Labute approximate surface area is 96.2 Å². The highest BCUT2D eigenvalue weighted by Gasteiger charge is 2.10. The second-order valence-electron chi connectivity index (χ2n) is 3.78. The van der Waals surface area contributed by atoms with Crippen molar-refractivity contribution in [1.29, 1.82) is 0 Å². The number of rotatable bonds is 1. The molecule has 5 heteroatoms. The van der Waals surface area contributed by atoms with Crippen molar-refractivity contribution in [2.75, 3.05) is 0 Å². The SMILES string of the molecule is Cc1nc(-c2cc(F)cc(F)c2)c(=O)[nH]c1C. The van der Waals surface area contributed by atoms with Crippen molar-refractivity contribution in [2.45, 2.75) is 13.8 Å². The van der Waals surface area contributed by atoms with E-state index in [-0.39, 0.29) is 11.3 Å². The van der Waals surface area contributed by atoms with Gasteiger partial charge < -0.3 is 4.98 Å². The van der Waals surface area contributed by atoms with Crippen LogP contribution in [-0.4, -0.2) is 9.97 Å². The molecule has 0 fully saturated rings. The summed E-state index contributed by atoms with van der Waals surface area (Å²) in [4.78, 5) is 18.3. The Bertz CT molecular complexity index is 615. The lowest BCUT2D eigenvalue weighted by Crippen LogP contribution is -2.14. The first kappa shape index (κ1) is 11.4. The second-order valence-corrected chi connectivity index (χ2v) is 3.78. The molecule has 0 bridgehead atoms. The minimum atomic E-state index is -0.737. The zero-order valence-corrected chi connectivity index (χ0v) is 9.34. The van der Waals surface area contributed by atoms with E-state index in [0.29, 0.717) is 11.4 Å². The minimum absolute atomic E-state index is 0.0199. The highest BCUT2D eigenvalue weighted by atomic mass is 19.1. The van der Waals surface area contributed by atoms with Gasteiger partial charge in [0.25, 0.3) is 5.56 Å². The summed E-state index contributed by atoms with van der Waals surface area (Å²) < 4.78 is 26.1. The van der Waals surface area contributed by atoms with E-state index >= 15 is 0 Å². The van der Waals surface area contributed by atoms with Gasteiger partial charge in [-0.05, 0) is 26.0 Å². The summed E-state index contributed by atoms with van der Waals surface area (Å²) in [6.45, 7) is 3.42. The second kappa shape index (κ2) is 4.08. The number of H-pyrrole nitrogens is 1. The van der Waals surface area contributed by atoms with Gasteiger partial charge in [-0.25, -0.2) is 13.8 Å². The van der Waals surface area contributed by atoms with Crippen molar-refractivity contribution in [3.8, 4) is 11.3 Å². The number of hydrogen-bond acceptors (Lipinski definition) is 2. The summed E-state index contributed by atoms with van der Waals surface area (Å²) in [5.41, 5.74) is 0.941. The van der Waals surface area contributed by atoms with E-state index < -0.39 is 17.2 Å². The van der Waals surface area contributed by atoms with Crippen LogP contribution in [0.4, 0.5) is 8.78 Å². The molecule has 0 atom stereocenters. The lowest BCUT2D eigenvalue weighted by Gasteiger charge is -2.04. The first-order valence-corrected chi connectivity index (χ1v) is 5.01. The van der Waals surface area contributed by atoms with Crippen LogP contribution >= 0.6 is 0 Å². The molecule has 88 valence electrons. The van der Waals surface area contributed by atoms with E-state index in [4.69, 9.17) is 0 Å². The van der Waals surface area contributed by atoms with Gasteiger partial charge in [0.05, 0.1) is 5.69 Å². The zero-order chi connectivity index (χ0) is 12.6. The van der Waals surface area contributed by atoms with Crippen LogP contribution in [-0.2, 0) is 0 Å². The molecule has 0 aliphatic rings. The number of nitrogens with one attached hydrogen (secondary N) is 1. The Morgan fingerprint density at radius 3 is 2.29 bits per heavy atom. The number of hydrogen-bond donors (Lipinski definition) is 1. The topological polar surface area (TPSA) is 45.8 Å². The molecule has 3 nitrogen and oxygen atoms in total. The summed E-state index contributed by atoms with van der Waals surface area (Å²) in [6, 6.07) is 2.91. The standard InChI is InChI=1S/C12H10F2N2O/c1-6-7(2)16-12(17)11(15-6)8-3-9(13)5-10(14)4-8/h3-5H,1-2H3,(H,16,17). The maximum absolute atomic E-state index is 13.0. The first-order valence-electron chi connectivity index (χ1n) is 5.01. The molecule has 0 unspecified atom stereocenters. The Morgan fingerprint density at radius 2 is 1.71 bits per heavy atom. The van der Waals surface area contributed by atoms with Crippen molar-refractivity contribution in [3.05, 3.63) is 51.6 Å². The molecule has 1 aromatic heterocycles. The molecular formula is C12H10F2N2O. The largest absolute Gasteiger partial charge is 0.323 e. The molecule has 0 aliphatic carbocycles. The fourth-order valence-corrected chi connectivity index (χ4v) is 1.51. The third kappa shape index (κ3) is 2.22. The van der Waals surface area contributed by atoms with Gasteiger partial charge in [-0.1, -0.05) is 0 Å². The maximum atomic E-state index is 13.0. The number of nitrogens with zero attached hydrogens (tertiary/aromatic N) is 1. The smallest absolute Gasteiger partial charge is 0.274 e. The molecule has 1 aromatic carbocycles. The fourth-order valence-electron chi connectivity index (χ4n) is 1.51. The molecule has 0 aliphatic heterocycles. The van der Waals surface area contributed by atoms with Crippen LogP contribution in [0.15, 0.2) is 23.0 Å². The number of aromatic amines is 1. The highest BCUT2D eigenvalue weighted by Crippen LogP contribution is 2.17. The zero-order valence-electron chi connectivity index (χ0n) is 9.34. The molecule has 0 amide bonds. The van der Waals surface area contributed by atoms with Crippen molar-refractivity contribution >= 4 is 0 Å². The van der Waals surface area contributed by atoms with Gasteiger partial charge in [0, 0.05) is 17.3 Å². The Morgan fingerprint density at radius 1 is 1.12 bits per heavy atom. The quantitative estimate of drug-likeness (QED) is 0.826. The average Bonchev–Trinajstić information content (AvgIpc) is 2.22. The molecule has 1 N–H and O–H groups in total. The van der Waals surface area contributed by atoms with Gasteiger partial charge in [-0.15, -0.1) is 0 Å². The molecule has 0 radical (unpaired) electrons. The highest BCUT2D eigenvalue weighted by molar-refractivity contribution is 5.58. The average molecular weight is 236 g/mol. The van der Waals surface area contributed by atoms with E-state index in [0.717, 1.165) is 18.2 Å². The Balaban J connectivity index is 2.68. The van der Waals surface area contributed by atoms with E-state index in [1.807, 2.05) is 0 Å². The molecular weight excluding hydrogens is 226 g/mol. The third-order valence-corrected chi connectivity index (χ3v) is 2.47. The van der Waals surface area contributed by atoms with Crippen molar-refractivity contribution in [2.24, 2.45) is 0 Å². The van der Waals surface area contributed by atoms with Crippen LogP contribution < -0.4 is 5.56 Å². The monoisotopic (exact) mass is 236 g/mol. The molecule has 2 aromatic rings. The van der Waals surface area contributed by atoms with Gasteiger partial charge in [-0.3, -0.25) is 4.79 Å². The maximum Gasteiger partial charge on any atom is 0.274 e. The van der Waals surface area contributed by atoms with Gasteiger partial charge in [-0.2, -0.15) is 0 Å². The predicted molar refractivity (Wildman–Crippen MR) is 59.7 cm³/mol. The Kier molecular flexibility index (Phi) is 2.75. The normalized spacial score (nSPS) is 10.6. The van der Waals surface area contributed by atoms with Gasteiger partial charge >= 0.3 is 0 Å². The number of aryl methyl sites for hydroxylation is 2. The molecule has 0 spiro atoms. The van der Waals surface area contributed by atoms with Crippen LogP contribution in [0.5, 0.6) is 0 Å². The lowest BCUT2D eigenvalue weighted by molar-refractivity contribution is 0.584. The van der Waals surface area contributed by atoms with Gasteiger partial charge in [0.2, 0.25) is 0 Å². The Hall–Kier alpha value is -2.04. The minimum Gasteiger partial charge on any atom is -0.323 e. The van der Waals surface area contributed by atoms with Crippen molar-refractivity contribution < 1.29 is 8.78 Å². The lowest BCUT2D eigenvalue weighted by atomic mass is 10.1. The van der Waals surface area contributed by atoms with Crippen molar-refractivity contribution in [1.82, 2.24) is 9.97 Å². The molecule has 1 heterocycles. The summed E-state index contributed by atoms with van der Waals surface area (Å²) in [5, 5.41) is 0. The van der Waals surface area contributed by atoms with Crippen LogP contribution in [0.25, 0.3) is 11.3 Å². The number of benzene rings is 1. The van der Waals surface area contributed by atoms with Gasteiger partial charge in [0.1, 0.15) is 17.3 Å². The van der Waals surface area contributed by atoms with Crippen LogP contribution in [0.2, 0.25) is 0 Å². The van der Waals surface area contributed by atoms with Gasteiger partial charge in [0.15, 0.2) is 0 Å². The molecule has 17 heavy (non-hydrogen) atoms. The molecule has 0 saturated carbocycles. The fraction of sp³-hybridized carbons (Fsp3) is 0.167. The molecule has 0 saturated heterocycles. The summed E-state index contributed by atoms with van der Waals surface area (Å²) in [6.07, 6.45) is 0. The predicted octanol–water partition coefficient (Wildman–Crippen LogP) is 2.33.